The molecular weight excluding hydrogens is 274 g/mol. The van der Waals surface area contributed by atoms with Crippen LogP contribution >= 0.6 is 11.3 Å². The van der Waals surface area contributed by atoms with Crippen LogP contribution in [-0.2, 0) is 0 Å². The second-order valence-electron chi connectivity index (χ2n) is 4.18. The van der Waals surface area contributed by atoms with Gasteiger partial charge in [-0.25, -0.2) is 4.79 Å². The van der Waals surface area contributed by atoms with Crippen molar-refractivity contribution in [2.45, 2.75) is 19.9 Å². The van der Waals surface area contributed by atoms with Crippen molar-refractivity contribution in [3.8, 4) is 6.07 Å². The molecule has 6 nitrogen and oxygen atoms in total. The van der Waals surface area contributed by atoms with E-state index in [0.717, 1.165) is 10.6 Å². The van der Waals surface area contributed by atoms with Crippen LogP contribution < -0.4 is 10.6 Å². The molecule has 2 rings (SSSR count). The molecule has 0 aliphatic carbocycles. The van der Waals surface area contributed by atoms with Crippen molar-refractivity contribution in [3.63, 3.8) is 0 Å². The van der Waals surface area contributed by atoms with Crippen molar-refractivity contribution < 1.29 is 4.79 Å². The second-order valence-corrected chi connectivity index (χ2v) is 5.36. The number of aryl methyl sites for hydroxylation is 1. The third-order valence-electron chi connectivity index (χ3n) is 2.63. The fourth-order valence-corrected chi connectivity index (χ4v) is 2.19. The molecule has 0 saturated carbocycles. The van der Waals surface area contributed by atoms with Crippen LogP contribution in [0.2, 0.25) is 0 Å². The third kappa shape index (κ3) is 3.52. The van der Waals surface area contributed by atoms with Crippen LogP contribution in [0.25, 0.3) is 0 Å². The van der Waals surface area contributed by atoms with Gasteiger partial charge >= 0.3 is 6.03 Å². The van der Waals surface area contributed by atoms with Crippen LogP contribution in [0.3, 0.4) is 0 Å². The molecule has 2 N–H and O–H groups in total. The first-order valence-electron chi connectivity index (χ1n) is 5.96. The molecule has 2 amide bonds. The molecule has 1 aromatic carbocycles. The van der Waals surface area contributed by atoms with Gasteiger partial charge in [0.25, 0.3) is 0 Å². The minimum atomic E-state index is -0.335. The van der Waals surface area contributed by atoms with E-state index in [1.807, 2.05) is 26.0 Å². The number of nitriles is 1. The van der Waals surface area contributed by atoms with E-state index < -0.39 is 0 Å². The zero-order valence-electron chi connectivity index (χ0n) is 11.0. The number of benzene rings is 1. The molecule has 0 saturated heterocycles. The minimum Gasteiger partial charge on any atom is -0.331 e. The van der Waals surface area contributed by atoms with Gasteiger partial charge in [0.2, 0.25) is 5.13 Å². The molecule has 0 radical (unpaired) electrons. The fraction of sp³-hybridized carbons (Fsp3) is 0.231. The minimum absolute atomic E-state index is 0.170. The number of rotatable bonds is 3. The van der Waals surface area contributed by atoms with Gasteiger partial charge in [0.1, 0.15) is 5.01 Å². The lowest BCUT2D eigenvalue weighted by Gasteiger charge is -2.14. The number of urea groups is 1. The van der Waals surface area contributed by atoms with Crippen molar-refractivity contribution >= 4 is 22.5 Å². The lowest BCUT2D eigenvalue weighted by molar-refractivity contribution is 0.249. The Hall–Kier alpha value is -2.46. The van der Waals surface area contributed by atoms with Gasteiger partial charge in [-0.2, -0.15) is 5.26 Å². The van der Waals surface area contributed by atoms with Gasteiger partial charge in [0.15, 0.2) is 0 Å². The maximum Gasteiger partial charge on any atom is 0.321 e. The first-order chi connectivity index (χ1) is 9.58. The molecule has 0 aliphatic rings. The van der Waals surface area contributed by atoms with Gasteiger partial charge in [-0.15, -0.1) is 10.2 Å². The van der Waals surface area contributed by atoms with Crippen LogP contribution in [-0.4, -0.2) is 16.2 Å². The van der Waals surface area contributed by atoms with Gasteiger partial charge in [-0.1, -0.05) is 23.5 Å². The number of hydrogen-bond donors (Lipinski definition) is 2. The second kappa shape index (κ2) is 6.12. The summed E-state index contributed by atoms with van der Waals surface area (Å²) in [5, 5.41) is 23.1. The molecule has 1 aromatic heterocycles. The molecule has 102 valence electrons. The van der Waals surface area contributed by atoms with Gasteiger partial charge in [-0.3, -0.25) is 5.32 Å². The number of anilines is 1. The Labute approximate surface area is 120 Å². The molecule has 0 fully saturated rings. The number of aromatic nitrogens is 2. The van der Waals surface area contributed by atoms with E-state index in [-0.39, 0.29) is 12.1 Å². The lowest BCUT2D eigenvalue weighted by atomic mass is 10.1. The highest BCUT2D eigenvalue weighted by Crippen LogP contribution is 2.15. The number of hydrogen-bond acceptors (Lipinski definition) is 5. The van der Waals surface area contributed by atoms with Crippen molar-refractivity contribution in [1.29, 1.82) is 5.26 Å². The summed E-state index contributed by atoms with van der Waals surface area (Å²) in [6.45, 7) is 3.69. The van der Waals surface area contributed by atoms with Crippen LogP contribution in [0, 0.1) is 18.3 Å². The molecular formula is C13H13N5OS. The third-order valence-corrected chi connectivity index (χ3v) is 3.39. The summed E-state index contributed by atoms with van der Waals surface area (Å²) in [6.07, 6.45) is 0. The highest BCUT2D eigenvalue weighted by Gasteiger charge is 2.11. The monoisotopic (exact) mass is 287 g/mol. The average molecular weight is 287 g/mol. The van der Waals surface area contributed by atoms with Crippen molar-refractivity contribution in [2.24, 2.45) is 0 Å². The maximum atomic E-state index is 11.8. The van der Waals surface area contributed by atoms with E-state index in [4.69, 9.17) is 5.26 Å². The Morgan fingerprint density at radius 3 is 2.60 bits per heavy atom. The Balaban J connectivity index is 1.94. The molecule has 2 aromatic rings. The molecule has 0 unspecified atom stereocenters. The van der Waals surface area contributed by atoms with Gasteiger partial charge in [0, 0.05) is 0 Å². The topological polar surface area (TPSA) is 90.7 Å². The first-order valence-corrected chi connectivity index (χ1v) is 6.78. The number of nitrogens with one attached hydrogen (secondary N) is 2. The van der Waals surface area contributed by atoms with Crippen molar-refractivity contribution in [3.05, 3.63) is 40.4 Å². The van der Waals surface area contributed by atoms with Crippen LogP contribution in [0.1, 0.15) is 29.1 Å². The normalized spacial score (nSPS) is 11.4. The summed E-state index contributed by atoms with van der Waals surface area (Å²) in [7, 11) is 0. The van der Waals surface area contributed by atoms with E-state index in [0.29, 0.717) is 10.7 Å². The Morgan fingerprint density at radius 2 is 2.05 bits per heavy atom. The summed E-state index contributed by atoms with van der Waals surface area (Å²) < 4.78 is 0. The first kappa shape index (κ1) is 14.0. The SMILES string of the molecule is Cc1nnc(NC(=O)N[C@H](C)c2ccc(C#N)cc2)s1. The molecule has 1 atom stereocenters. The summed E-state index contributed by atoms with van der Waals surface area (Å²) in [5.74, 6) is 0. The highest BCUT2D eigenvalue weighted by atomic mass is 32.1. The zero-order valence-corrected chi connectivity index (χ0v) is 11.9. The van der Waals surface area contributed by atoms with Gasteiger partial charge < -0.3 is 5.32 Å². The van der Waals surface area contributed by atoms with Gasteiger partial charge in [-0.05, 0) is 31.5 Å². The summed E-state index contributed by atoms with van der Waals surface area (Å²) >= 11 is 1.31. The van der Waals surface area contributed by atoms with Crippen LogP contribution in [0.4, 0.5) is 9.93 Å². The standard InChI is InChI=1S/C13H13N5OS/c1-8(11-5-3-10(7-14)4-6-11)15-12(19)16-13-18-17-9(2)20-13/h3-6,8H,1-2H3,(H2,15,16,18,19)/t8-/m1/s1. The molecule has 0 spiro atoms. The molecule has 1 heterocycles. The maximum absolute atomic E-state index is 11.8. The van der Waals surface area contributed by atoms with E-state index in [2.05, 4.69) is 26.9 Å². The van der Waals surface area contributed by atoms with E-state index in [1.165, 1.54) is 11.3 Å². The highest BCUT2D eigenvalue weighted by molar-refractivity contribution is 7.15. The quantitative estimate of drug-likeness (QED) is 0.907. The molecule has 7 heteroatoms. The fourth-order valence-electron chi connectivity index (χ4n) is 1.61. The van der Waals surface area contributed by atoms with Crippen molar-refractivity contribution in [2.75, 3.05) is 5.32 Å². The Morgan fingerprint density at radius 1 is 1.35 bits per heavy atom. The van der Waals surface area contributed by atoms with E-state index in [9.17, 15) is 4.79 Å². The summed E-state index contributed by atoms with van der Waals surface area (Å²) in [5.41, 5.74) is 1.52. The predicted octanol–water partition coefficient (Wildman–Crippen LogP) is 2.60. The summed E-state index contributed by atoms with van der Waals surface area (Å²) in [4.78, 5) is 11.8. The van der Waals surface area contributed by atoms with Crippen LogP contribution in [0.5, 0.6) is 0 Å². The van der Waals surface area contributed by atoms with Gasteiger partial charge in [0.05, 0.1) is 17.7 Å². The number of nitrogens with zero attached hydrogens (tertiary/aromatic N) is 3. The van der Waals surface area contributed by atoms with Crippen LogP contribution in [0.15, 0.2) is 24.3 Å². The van der Waals surface area contributed by atoms with E-state index in [1.54, 1.807) is 12.1 Å². The van der Waals surface area contributed by atoms with E-state index >= 15 is 0 Å². The summed E-state index contributed by atoms with van der Waals surface area (Å²) in [6, 6.07) is 8.63. The average Bonchev–Trinajstić information content (AvgIpc) is 2.84. The molecule has 0 aliphatic heterocycles. The Kier molecular flexibility index (Phi) is 4.27. The predicted molar refractivity (Wildman–Crippen MR) is 76.4 cm³/mol. The smallest absolute Gasteiger partial charge is 0.321 e. The molecule has 20 heavy (non-hydrogen) atoms. The largest absolute Gasteiger partial charge is 0.331 e. The number of carbonyl (C=O) groups is 1. The molecule has 0 bridgehead atoms. The Bertz CT molecular complexity index is 644. The van der Waals surface area contributed by atoms with Crippen molar-refractivity contribution in [1.82, 2.24) is 15.5 Å². The zero-order chi connectivity index (χ0) is 14.5. The lowest BCUT2D eigenvalue weighted by Crippen LogP contribution is -2.31. The number of amides is 2. The number of carbonyl (C=O) groups excluding carboxylic acids is 1.